The van der Waals surface area contributed by atoms with E-state index in [9.17, 15) is 18.0 Å². The Morgan fingerprint density at radius 1 is 1.00 bits per heavy atom. The van der Waals surface area contributed by atoms with Gasteiger partial charge in [-0.1, -0.05) is 65.9 Å². The molecule has 0 bridgehead atoms. The van der Waals surface area contributed by atoms with Gasteiger partial charge in [0.05, 0.1) is 22.7 Å². The van der Waals surface area contributed by atoms with Crippen LogP contribution in [-0.4, -0.2) is 50.9 Å². The summed E-state index contributed by atoms with van der Waals surface area (Å²) < 4.78 is 34.2. The van der Waals surface area contributed by atoms with Gasteiger partial charge in [-0.3, -0.25) is 13.9 Å². The van der Waals surface area contributed by atoms with E-state index in [1.807, 2.05) is 6.92 Å². The number of benzene rings is 3. The van der Waals surface area contributed by atoms with Crippen molar-refractivity contribution in [2.24, 2.45) is 0 Å². The first-order valence-electron chi connectivity index (χ1n) is 13.8. The number of halogens is 2. The van der Waals surface area contributed by atoms with Crippen LogP contribution in [0.2, 0.25) is 10.0 Å². The Hall–Kier alpha value is -3.27. The largest absolute Gasteiger partial charge is 0.495 e. The smallest absolute Gasteiger partial charge is 0.264 e. The molecule has 1 aliphatic carbocycles. The van der Waals surface area contributed by atoms with E-state index in [4.69, 9.17) is 27.9 Å². The van der Waals surface area contributed by atoms with Gasteiger partial charge < -0.3 is 15.0 Å². The highest BCUT2D eigenvalue weighted by molar-refractivity contribution is 7.92. The lowest BCUT2D eigenvalue weighted by atomic mass is 10.1. The van der Waals surface area contributed by atoms with Gasteiger partial charge in [-0.05, 0) is 74.7 Å². The van der Waals surface area contributed by atoms with Gasteiger partial charge in [0, 0.05) is 17.6 Å². The number of methoxy groups -OCH3 is 1. The van der Waals surface area contributed by atoms with E-state index in [0.717, 1.165) is 41.1 Å². The van der Waals surface area contributed by atoms with Crippen LogP contribution in [0.1, 0.15) is 43.7 Å². The van der Waals surface area contributed by atoms with Crippen molar-refractivity contribution in [2.45, 2.75) is 63.1 Å². The minimum atomic E-state index is -4.21. The van der Waals surface area contributed by atoms with Crippen molar-refractivity contribution < 1.29 is 22.7 Å². The Balaban J connectivity index is 1.71. The fourth-order valence-corrected chi connectivity index (χ4v) is 6.72. The van der Waals surface area contributed by atoms with Gasteiger partial charge in [-0.15, -0.1) is 0 Å². The zero-order valence-electron chi connectivity index (χ0n) is 23.8. The molecule has 4 rings (SSSR count). The molecule has 224 valence electrons. The van der Waals surface area contributed by atoms with E-state index >= 15 is 0 Å². The minimum absolute atomic E-state index is 0.0177. The molecule has 0 saturated heterocycles. The maximum Gasteiger partial charge on any atom is 0.264 e. The summed E-state index contributed by atoms with van der Waals surface area (Å²) in [6.45, 7) is 3.03. The molecule has 2 amide bonds. The number of carbonyl (C=O) groups is 2. The first-order valence-corrected chi connectivity index (χ1v) is 16.0. The number of sulfonamides is 1. The number of anilines is 1. The fourth-order valence-electron chi connectivity index (χ4n) is 4.94. The molecule has 8 nitrogen and oxygen atoms in total. The summed E-state index contributed by atoms with van der Waals surface area (Å²) in [5, 5.41) is 3.78. The molecule has 3 aromatic rings. The predicted molar refractivity (Wildman–Crippen MR) is 166 cm³/mol. The number of rotatable bonds is 11. The van der Waals surface area contributed by atoms with Crippen molar-refractivity contribution in [3.05, 3.63) is 87.9 Å². The van der Waals surface area contributed by atoms with E-state index in [1.165, 1.54) is 36.3 Å². The summed E-state index contributed by atoms with van der Waals surface area (Å²) in [5.41, 5.74) is 1.82. The van der Waals surface area contributed by atoms with Gasteiger partial charge in [-0.25, -0.2) is 8.42 Å². The van der Waals surface area contributed by atoms with E-state index in [-0.39, 0.29) is 34.1 Å². The monoisotopic (exact) mass is 631 g/mol. The average Bonchev–Trinajstić information content (AvgIpc) is 3.48. The number of nitrogens with zero attached hydrogens (tertiary/aromatic N) is 2. The van der Waals surface area contributed by atoms with Crippen molar-refractivity contribution >= 4 is 50.7 Å². The number of aryl methyl sites for hydroxylation is 1. The Morgan fingerprint density at radius 3 is 2.24 bits per heavy atom. The second-order valence-electron chi connectivity index (χ2n) is 10.5. The van der Waals surface area contributed by atoms with Crippen molar-refractivity contribution in [1.82, 2.24) is 10.2 Å². The summed E-state index contributed by atoms with van der Waals surface area (Å²) in [7, 11) is -2.75. The van der Waals surface area contributed by atoms with Crippen LogP contribution < -0.4 is 14.4 Å². The lowest BCUT2D eigenvalue weighted by molar-refractivity contribution is -0.139. The predicted octanol–water partition coefficient (Wildman–Crippen LogP) is 5.98. The maximum atomic E-state index is 14.1. The van der Waals surface area contributed by atoms with E-state index in [2.05, 4.69) is 5.32 Å². The Kier molecular flexibility index (Phi) is 10.4. The molecule has 1 aliphatic rings. The summed E-state index contributed by atoms with van der Waals surface area (Å²) in [6, 6.07) is 17.0. The van der Waals surface area contributed by atoms with Crippen LogP contribution in [0.3, 0.4) is 0 Å². The molecule has 1 N–H and O–H groups in total. The van der Waals surface area contributed by atoms with Crippen molar-refractivity contribution in [3.63, 3.8) is 0 Å². The summed E-state index contributed by atoms with van der Waals surface area (Å²) >= 11 is 12.4. The van der Waals surface area contributed by atoms with Crippen molar-refractivity contribution in [2.75, 3.05) is 18.0 Å². The van der Waals surface area contributed by atoms with E-state index in [0.29, 0.717) is 10.8 Å². The molecule has 1 saturated carbocycles. The van der Waals surface area contributed by atoms with Crippen LogP contribution in [0.5, 0.6) is 5.75 Å². The second kappa shape index (κ2) is 13.8. The lowest BCUT2D eigenvalue weighted by Gasteiger charge is -2.32. The zero-order valence-corrected chi connectivity index (χ0v) is 26.2. The number of hydrogen-bond donors (Lipinski definition) is 1. The summed E-state index contributed by atoms with van der Waals surface area (Å²) in [6.07, 6.45) is 3.88. The molecular formula is C31H35Cl2N3O5S. The molecule has 11 heteroatoms. The Labute approximate surface area is 257 Å². The molecule has 0 spiro atoms. The van der Waals surface area contributed by atoms with Crippen LogP contribution in [0.25, 0.3) is 0 Å². The van der Waals surface area contributed by atoms with Crippen LogP contribution in [0, 0.1) is 6.92 Å². The molecule has 1 fully saturated rings. The molecule has 42 heavy (non-hydrogen) atoms. The maximum absolute atomic E-state index is 14.1. The van der Waals surface area contributed by atoms with Gasteiger partial charge in [0.1, 0.15) is 18.3 Å². The van der Waals surface area contributed by atoms with Crippen LogP contribution >= 0.6 is 23.2 Å². The molecule has 0 radical (unpaired) electrons. The van der Waals surface area contributed by atoms with Gasteiger partial charge in [0.15, 0.2) is 0 Å². The number of hydrogen-bond acceptors (Lipinski definition) is 5. The van der Waals surface area contributed by atoms with Crippen LogP contribution in [0.4, 0.5) is 5.69 Å². The number of amides is 2. The SMILES string of the molecule is COc1ccc(N(CC(=O)N(Cc2ccc(Cl)cc2)[C@@H](C)C(=O)NC2CCCC2)S(=O)(=O)c2ccc(C)cc2)cc1Cl. The molecular weight excluding hydrogens is 597 g/mol. The van der Waals surface area contributed by atoms with Crippen molar-refractivity contribution in [1.29, 1.82) is 0 Å². The van der Waals surface area contributed by atoms with Gasteiger partial charge in [0.25, 0.3) is 10.0 Å². The van der Waals surface area contributed by atoms with Gasteiger partial charge >= 0.3 is 0 Å². The second-order valence-corrected chi connectivity index (χ2v) is 13.2. The summed E-state index contributed by atoms with van der Waals surface area (Å²) in [4.78, 5) is 28.8. The molecule has 3 aromatic carbocycles. The van der Waals surface area contributed by atoms with Gasteiger partial charge in [0.2, 0.25) is 11.8 Å². The van der Waals surface area contributed by atoms with E-state index in [1.54, 1.807) is 49.4 Å². The lowest BCUT2D eigenvalue weighted by Crippen LogP contribution is -2.52. The third-order valence-electron chi connectivity index (χ3n) is 7.45. The number of carbonyl (C=O) groups excluding carboxylic acids is 2. The minimum Gasteiger partial charge on any atom is -0.495 e. The topological polar surface area (TPSA) is 96.0 Å². The first-order chi connectivity index (χ1) is 20.0. The highest BCUT2D eigenvalue weighted by Crippen LogP contribution is 2.32. The zero-order chi connectivity index (χ0) is 30.4. The van der Waals surface area contributed by atoms with Gasteiger partial charge in [-0.2, -0.15) is 0 Å². The third-order valence-corrected chi connectivity index (χ3v) is 9.78. The third kappa shape index (κ3) is 7.56. The molecule has 0 aliphatic heterocycles. The highest BCUT2D eigenvalue weighted by Gasteiger charge is 2.33. The van der Waals surface area contributed by atoms with Crippen LogP contribution in [-0.2, 0) is 26.2 Å². The number of nitrogens with one attached hydrogen (secondary N) is 1. The van der Waals surface area contributed by atoms with E-state index < -0.39 is 28.5 Å². The molecule has 0 unspecified atom stereocenters. The first kappa shape index (κ1) is 31.7. The molecule has 1 atom stereocenters. The normalized spacial score (nSPS) is 14.3. The fraction of sp³-hybridized carbons (Fsp3) is 0.355. The Morgan fingerprint density at radius 2 is 1.64 bits per heavy atom. The highest BCUT2D eigenvalue weighted by atomic mass is 35.5. The van der Waals surface area contributed by atoms with Crippen LogP contribution in [0.15, 0.2) is 71.6 Å². The Bertz CT molecular complexity index is 1510. The quantitative estimate of drug-likeness (QED) is 0.281. The van der Waals surface area contributed by atoms with Crippen molar-refractivity contribution in [3.8, 4) is 5.75 Å². The number of ether oxygens (including phenoxy) is 1. The summed E-state index contributed by atoms with van der Waals surface area (Å²) in [5.74, 6) is -0.479. The molecule has 0 aromatic heterocycles. The standard InChI is InChI=1S/C31H35Cl2N3O5S/c1-21-8-15-27(16-9-21)42(39,40)36(26-14-17-29(41-3)28(33)18-26)20-30(37)35(19-23-10-12-24(32)13-11-23)22(2)31(38)34-25-6-4-5-7-25/h8-18,22,25H,4-7,19-20H2,1-3H3,(H,34,38)/t22-/m0/s1. The molecule has 0 heterocycles. The average molecular weight is 633 g/mol.